The topological polar surface area (TPSA) is 54.5 Å². The second-order valence-corrected chi connectivity index (χ2v) is 7.66. The third-order valence-electron chi connectivity index (χ3n) is 3.43. The van der Waals surface area contributed by atoms with Crippen LogP contribution in [0, 0.1) is 0 Å². The predicted octanol–water partition coefficient (Wildman–Crippen LogP) is 3.53. The molecular formula is C15H11Cl2NO3S. The van der Waals surface area contributed by atoms with Gasteiger partial charge in [-0.1, -0.05) is 41.4 Å². The molecule has 2 aromatic rings. The summed E-state index contributed by atoms with van der Waals surface area (Å²) in [6.07, 6.45) is 0. The van der Waals surface area contributed by atoms with Crippen molar-refractivity contribution in [3.63, 3.8) is 0 Å². The van der Waals surface area contributed by atoms with Crippen molar-refractivity contribution in [2.24, 2.45) is 0 Å². The first kappa shape index (κ1) is 15.3. The average molecular weight is 356 g/mol. The van der Waals surface area contributed by atoms with Gasteiger partial charge in [0.15, 0.2) is 5.78 Å². The summed E-state index contributed by atoms with van der Waals surface area (Å²) in [7, 11) is -3.70. The maximum absolute atomic E-state index is 12.4. The Bertz CT molecular complexity index is 865. The highest BCUT2D eigenvalue weighted by Gasteiger charge is 2.34. The van der Waals surface area contributed by atoms with Gasteiger partial charge in [0.25, 0.3) is 0 Å². The van der Waals surface area contributed by atoms with Gasteiger partial charge >= 0.3 is 0 Å². The van der Waals surface area contributed by atoms with E-state index in [4.69, 9.17) is 23.2 Å². The quantitative estimate of drug-likeness (QED) is 0.827. The number of sulfonamides is 1. The van der Waals surface area contributed by atoms with Gasteiger partial charge in [0.2, 0.25) is 10.0 Å². The lowest BCUT2D eigenvalue weighted by Gasteiger charge is -2.29. The summed E-state index contributed by atoms with van der Waals surface area (Å²) in [5.74, 6) is -0.910. The van der Waals surface area contributed by atoms with E-state index in [1.807, 2.05) is 0 Å². The minimum absolute atomic E-state index is 0.101. The number of carbonyl (C=O) groups is 1. The maximum atomic E-state index is 12.4. The van der Waals surface area contributed by atoms with E-state index in [9.17, 15) is 13.2 Å². The molecule has 0 fully saturated rings. The molecule has 0 aromatic heterocycles. The lowest BCUT2D eigenvalue weighted by molar-refractivity contribution is 0.102. The summed E-state index contributed by atoms with van der Waals surface area (Å²) >= 11 is 11.8. The highest BCUT2D eigenvalue weighted by molar-refractivity contribution is 7.93. The second-order valence-electron chi connectivity index (χ2n) is 4.95. The van der Waals surface area contributed by atoms with Crippen molar-refractivity contribution < 1.29 is 13.2 Å². The Labute approximate surface area is 138 Å². The molecule has 0 saturated heterocycles. The number of benzene rings is 2. The van der Waals surface area contributed by atoms with E-state index in [0.29, 0.717) is 26.9 Å². The number of nitrogens with zero attached hydrogens (tertiary/aromatic N) is 1. The minimum Gasteiger partial charge on any atom is -0.293 e. The van der Waals surface area contributed by atoms with Crippen LogP contribution in [0.3, 0.4) is 0 Å². The third kappa shape index (κ3) is 2.72. The number of carbonyl (C=O) groups excluding carboxylic acids is 1. The molecule has 3 rings (SSSR count). The van der Waals surface area contributed by atoms with Crippen LogP contribution < -0.4 is 4.31 Å². The minimum atomic E-state index is -3.70. The summed E-state index contributed by atoms with van der Waals surface area (Å²) in [6.45, 7) is 0.101. The first-order valence-corrected chi connectivity index (χ1v) is 8.81. The molecule has 1 aliphatic rings. The molecule has 0 unspecified atom stereocenters. The number of hydrogen-bond donors (Lipinski definition) is 0. The monoisotopic (exact) mass is 355 g/mol. The van der Waals surface area contributed by atoms with Crippen LogP contribution in [0.1, 0.15) is 15.9 Å². The fraction of sp³-hybridized carbons (Fsp3) is 0.133. The van der Waals surface area contributed by atoms with Gasteiger partial charge in [-0.15, -0.1) is 0 Å². The van der Waals surface area contributed by atoms with E-state index in [2.05, 4.69) is 0 Å². The third-order valence-corrected chi connectivity index (χ3v) is 5.80. The van der Waals surface area contributed by atoms with E-state index in [0.717, 1.165) is 0 Å². The summed E-state index contributed by atoms with van der Waals surface area (Å²) < 4.78 is 26.0. The summed E-state index contributed by atoms with van der Waals surface area (Å²) in [6, 6.07) is 11.6. The van der Waals surface area contributed by atoms with Crippen molar-refractivity contribution >= 4 is 44.7 Å². The maximum Gasteiger partial charge on any atom is 0.243 e. The molecule has 1 aliphatic heterocycles. The molecule has 0 aliphatic carbocycles. The fourth-order valence-electron chi connectivity index (χ4n) is 2.39. The number of rotatable bonds is 2. The summed E-state index contributed by atoms with van der Waals surface area (Å²) in [5, 5.41) is 0.764. The normalized spacial score (nSPS) is 16.5. The Morgan fingerprint density at radius 2 is 1.77 bits per heavy atom. The van der Waals surface area contributed by atoms with Crippen molar-refractivity contribution in [3.8, 4) is 0 Å². The number of halogens is 2. The number of para-hydroxylation sites is 1. The number of anilines is 1. The molecule has 0 spiro atoms. The molecule has 0 radical (unpaired) electrons. The van der Waals surface area contributed by atoms with Gasteiger partial charge in [-0.2, -0.15) is 0 Å². The lowest BCUT2D eigenvalue weighted by atomic mass is 10.1. The van der Waals surface area contributed by atoms with Crippen LogP contribution in [0.15, 0.2) is 42.5 Å². The molecule has 0 atom stereocenters. The standard InChI is InChI=1S/C15H11Cl2NO3S/c16-12-6-5-10(7-13(12)17)8-18-14-4-2-1-3-11(14)15(19)9-22(18,20)21/h1-7H,8-9H2. The molecule has 7 heteroatoms. The largest absolute Gasteiger partial charge is 0.293 e. The highest BCUT2D eigenvalue weighted by atomic mass is 35.5. The van der Waals surface area contributed by atoms with E-state index < -0.39 is 15.8 Å². The van der Waals surface area contributed by atoms with Crippen LogP contribution in [0.25, 0.3) is 0 Å². The number of ketones is 1. The predicted molar refractivity (Wildman–Crippen MR) is 87.2 cm³/mol. The smallest absolute Gasteiger partial charge is 0.243 e. The van der Waals surface area contributed by atoms with Gasteiger partial charge < -0.3 is 0 Å². The molecular weight excluding hydrogens is 345 g/mol. The van der Waals surface area contributed by atoms with Gasteiger partial charge in [-0.25, -0.2) is 8.42 Å². The zero-order valence-corrected chi connectivity index (χ0v) is 13.6. The summed E-state index contributed by atoms with van der Waals surface area (Å²) in [5.41, 5.74) is 1.50. The zero-order chi connectivity index (χ0) is 15.9. The van der Waals surface area contributed by atoms with Gasteiger partial charge in [-0.3, -0.25) is 9.10 Å². The molecule has 0 bridgehead atoms. The van der Waals surface area contributed by atoms with Gasteiger partial charge in [0.1, 0.15) is 5.75 Å². The molecule has 0 amide bonds. The van der Waals surface area contributed by atoms with Crippen LogP contribution >= 0.6 is 23.2 Å². The first-order valence-electron chi connectivity index (χ1n) is 6.45. The number of hydrogen-bond acceptors (Lipinski definition) is 3. The Kier molecular flexibility index (Phi) is 3.89. The molecule has 4 nitrogen and oxygen atoms in total. The average Bonchev–Trinajstić information content (AvgIpc) is 2.46. The fourth-order valence-corrected chi connectivity index (χ4v) is 4.15. The molecule has 0 N–H and O–H groups in total. The van der Waals surface area contributed by atoms with Gasteiger partial charge in [-0.05, 0) is 29.8 Å². The Hall–Kier alpha value is -1.56. The molecule has 22 heavy (non-hydrogen) atoms. The number of Topliss-reactive ketones (excluding diaryl/α,β-unsaturated/α-hetero) is 1. The van der Waals surface area contributed by atoms with E-state index in [1.165, 1.54) is 4.31 Å². The lowest BCUT2D eigenvalue weighted by Crippen LogP contribution is -2.40. The van der Waals surface area contributed by atoms with Crippen molar-refractivity contribution in [3.05, 3.63) is 63.6 Å². The molecule has 0 saturated carbocycles. The number of fused-ring (bicyclic) bond motifs is 1. The van der Waals surface area contributed by atoms with Gasteiger partial charge in [0.05, 0.1) is 22.3 Å². The Morgan fingerprint density at radius 1 is 1.05 bits per heavy atom. The van der Waals surface area contributed by atoms with Crippen LogP contribution in [-0.4, -0.2) is 20.0 Å². The Morgan fingerprint density at radius 3 is 2.50 bits per heavy atom. The zero-order valence-electron chi connectivity index (χ0n) is 11.3. The molecule has 1 heterocycles. The molecule has 114 valence electrons. The Balaban J connectivity index is 2.06. The van der Waals surface area contributed by atoms with Crippen molar-refractivity contribution in [1.29, 1.82) is 0 Å². The first-order chi connectivity index (χ1) is 10.4. The second kappa shape index (κ2) is 5.57. The van der Waals surface area contributed by atoms with Crippen LogP contribution in [0.5, 0.6) is 0 Å². The van der Waals surface area contributed by atoms with Crippen molar-refractivity contribution in [2.75, 3.05) is 10.1 Å². The van der Waals surface area contributed by atoms with E-state index >= 15 is 0 Å². The summed E-state index contributed by atoms with van der Waals surface area (Å²) in [4.78, 5) is 12.0. The SMILES string of the molecule is O=C1CS(=O)(=O)N(Cc2ccc(Cl)c(Cl)c2)c2ccccc21. The van der Waals surface area contributed by atoms with Crippen LogP contribution in [0.2, 0.25) is 10.0 Å². The highest BCUT2D eigenvalue weighted by Crippen LogP contribution is 2.31. The van der Waals surface area contributed by atoms with E-state index in [-0.39, 0.29) is 12.3 Å². The van der Waals surface area contributed by atoms with Crippen LogP contribution in [0.4, 0.5) is 5.69 Å². The van der Waals surface area contributed by atoms with Crippen LogP contribution in [-0.2, 0) is 16.6 Å². The van der Waals surface area contributed by atoms with Crippen molar-refractivity contribution in [2.45, 2.75) is 6.54 Å². The van der Waals surface area contributed by atoms with Gasteiger partial charge in [0, 0.05) is 5.56 Å². The van der Waals surface area contributed by atoms with Crippen molar-refractivity contribution in [1.82, 2.24) is 0 Å². The van der Waals surface area contributed by atoms with E-state index in [1.54, 1.807) is 42.5 Å². The molecule has 2 aromatic carbocycles.